The van der Waals surface area contributed by atoms with E-state index >= 15 is 0 Å². The van der Waals surface area contributed by atoms with E-state index in [1.165, 1.54) is 24.3 Å². The highest BCUT2D eigenvalue weighted by Gasteiger charge is 2.24. The lowest BCUT2D eigenvalue weighted by Crippen LogP contribution is -2.50. The van der Waals surface area contributed by atoms with E-state index in [1.807, 2.05) is 23.6 Å². The van der Waals surface area contributed by atoms with Crippen molar-refractivity contribution in [2.75, 3.05) is 42.3 Å². The SMILES string of the molecule is CC(C)NC(=O)CN1CCN(c2ccc(C(=O)O)cc2NS(=O)(=O)c2cccc(F)c2)CC1. The predicted octanol–water partition coefficient (Wildman–Crippen LogP) is 1.97. The Bertz CT molecular complexity index is 1130. The summed E-state index contributed by atoms with van der Waals surface area (Å²) in [6.07, 6.45) is 0. The van der Waals surface area contributed by atoms with Gasteiger partial charge in [-0.2, -0.15) is 0 Å². The number of sulfonamides is 1. The van der Waals surface area contributed by atoms with Gasteiger partial charge in [-0.1, -0.05) is 6.07 Å². The van der Waals surface area contributed by atoms with Gasteiger partial charge in [0.15, 0.2) is 0 Å². The second-order valence-corrected chi connectivity index (χ2v) is 9.77. The zero-order chi connectivity index (χ0) is 24.2. The zero-order valence-electron chi connectivity index (χ0n) is 18.4. The maximum atomic E-state index is 13.6. The normalized spacial score (nSPS) is 14.8. The van der Waals surface area contributed by atoms with Gasteiger partial charge in [0.05, 0.1) is 28.4 Å². The third-order valence-electron chi connectivity index (χ3n) is 5.12. The molecule has 1 saturated heterocycles. The van der Waals surface area contributed by atoms with Crippen LogP contribution in [0, 0.1) is 5.82 Å². The van der Waals surface area contributed by atoms with E-state index in [1.54, 1.807) is 6.07 Å². The summed E-state index contributed by atoms with van der Waals surface area (Å²) < 4.78 is 41.6. The van der Waals surface area contributed by atoms with Gasteiger partial charge in [-0.25, -0.2) is 17.6 Å². The Hall–Kier alpha value is -3.18. The van der Waals surface area contributed by atoms with Crippen LogP contribution in [-0.4, -0.2) is 69.1 Å². The summed E-state index contributed by atoms with van der Waals surface area (Å²) >= 11 is 0. The summed E-state index contributed by atoms with van der Waals surface area (Å²) in [4.78, 5) is 27.1. The highest BCUT2D eigenvalue weighted by Crippen LogP contribution is 2.30. The fourth-order valence-corrected chi connectivity index (χ4v) is 4.68. The number of anilines is 2. The summed E-state index contributed by atoms with van der Waals surface area (Å²) in [6, 6.07) is 8.83. The molecule has 0 aromatic heterocycles. The first-order chi connectivity index (χ1) is 15.5. The Balaban J connectivity index is 1.80. The van der Waals surface area contributed by atoms with Gasteiger partial charge in [0.25, 0.3) is 10.0 Å². The lowest BCUT2D eigenvalue weighted by Gasteiger charge is -2.36. The van der Waals surface area contributed by atoms with Crippen LogP contribution in [0.5, 0.6) is 0 Å². The van der Waals surface area contributed by atoms with Crippen molar-refractivity contribution in [3.8, 4) is 0 Å². The molecule has 3 N–H and O–H groups in total. The molecule has 0 radical (unpaired) electrons. The molecule has 2 aromatic carbocycles. The fourth-order valence-electron chi connectivity index (χ4n) is 3.58. The predicted molar refractivity (Wildman–Crippen MR) is 123 cm³/mol. The summed E-state index contributed by atoms with van der Waals surface area (Å²) in [5.41, 5.74) is 0.510. The largest absolute Gasteiger partial charge is 0.478 e. The topological polar surface area (TPSA) is 119 Å². The Labute approximate surface area is 192 Å². The number of benzene rings is 2. The molecule has 0 atom stereocenters. The number of aromatic carboxylic acids is 1. The molecule has 0 saturated carbocycles. The molecule has 9 nitrogen and oxygen atoms in total. The minimum atomic E-state index is -4.15. The number of halogens is 1. The van der Waals surface area contributed by atoms with Crippen LogP contribution >= 0.6 is 0 Å². The van der Waals surface area contributed by atoms with Crippen molar-refractivity contribution in [1.82, 2.24) is 10.2 Å². The number of carboxylic acid groups (broad SMARTS) is 1. The van der Waals surface area contributed by atoms with E-state index in [0.717, 1.165) is 12.1 Å². The first kappa shape index (κ1) is 24.5. The van der Waals surface area contributed by atoms with Gasteiger partial charge in [-0.15, -0.1) is 0 Å². The third-order valence-corrected chi connectivity index (χ3v) is 6.49. The third kappa shape index (κ3) is 6.42. The van der Waals surface area contributed by atoms with Crippen LogP contribution in [0.3, 0.4) is 0 Å². The summed E-state index contributed by atoms with van der Waals surface area (Å²) in [7, 11) is -4.15. The van der Waals surface area contributed by atoms with Crippen molar-refractivity contribution < 1.29 is 27.5 Å². The molecule has 0 spiro atoms. The molecule has 11 heteroatoms. The standard InChI is InChI=1S/C22H27FN4O5S/c1-15(2)24-21(28)14-26-8-10-27(11-9-26)20-7-6-16(22(29)30)12-19(20)25-33(31,32)18-5-3-4-17(23)13-18/h3-7,12-13,15,25H,8-11,14H2,1-2H3,(H,24,28)(H,29,30). The number of carbonyl (C=O) groups excluding carboxylic acids is 1. The molecule has 1 heterocycles. The van der Waals surface area contributed by atoms with Crippen LogP contribution in [-0.2, 0) is 14.8 Å². The van der Waals surface area contributed by atoms with Gasteiger partial charge >= 0.3 is 5.97 Å². The van der Waals surface area contributed by atoms with Gasteiger partial charge < -0.3 is 15.3 Å². The molecule has 3 rings (SSSR count). The van der Waals surface area contributed by atoms with E-state index in [2.05, 4.69) is 10.0 Å². The quantitative estimate of drug-likeness (QED) is 0.531. The Morgan fingerprint density at radius 2 is 1.79 bits per heavy atom. The highest BCUT2D eigenvalue weighted by molar-refractivity contribution is 7.92. The second kappa shape index (κ2) is 10.2. The lowest BCUT2D eigenvalue weighted by molar-refractivity contribution is -0.122. The molecule has 1 amide bonds. The molecule has 33 heavy (non-hydrogen) atoms. The van der Waals surface area contributed by atoms with E-state index < -0.39 is 21.8 Å². The molecule has 1 fully saturated rings. The Morgan fingerprint density at radius 1 is 1.09 bits per heavy atom. The molecular weight excluding hydrogens is 451 g/mol. The number of hydrogen-bond donors (Lipinski definition) is 3. The molecular formula is C22H27FN4O5S. The summed E-state index contributed by atoms with van der Waals surface area (Å²) in [5.74, 6) is -1.96. The molecule has 178 valence electrons. The van der Waals surface area contributed by atoms with Gasteiger partial charge in [-0.05, 0) is 50.2 Å². The van der Waals surface area contributed by atoms with Gasteiger partial charge in [-0.3, -0.25) is 14.4 Å². The molecule has 0 unspecified atom stereocenters. The number of nitrogens with zero attached hydrogens (tertiary/aromatic N) is 2. The smallest absolute Gasteiger partial charge is 0.335 e. The van der Waals surface area contributed by atoms with Gasteiger partial charge in [0.2, 0.25) is 5.91 Å². The van der Waals surface area contributed by atoms with Crippen LogP contribution in [0.25, 0.3) is 0 Å². The second-order valence-electron chi connectivity index (χ2n) is 8.09. The number of carbonyl (C=O) groups is 2. The van der Waals surface area contributed by atoms with Crippen molar-refractivity contribution in [2.45, 2.75) is 24.8 Å². The number of carboxylic acids is 1. The monoisotopic (exact) mass is 478 g/mol. The van der Waals surface area contributed by atoms with Crippen LogP contribution < -0.4 is 14.9 Å². The van der Waals surface area contributed by atoms with E-state index in [0.29, 0.717) is 31.9 Å². The minimum absolute atomic E-state index is 0.0557. The van der Waals surface area contributed by atoms with Crippen molar-refractivity contribution in [1.29, 1.82) is 0 Å². The van der Waals surface area contributed by atoms with Gasteiger partial charge in [0.1, 0.15) is 5.82 Å². The molecule has 1 aliphatic rings. The van der Waals surface area contributed by atoms with Crippen molar-refractivity contribution >= 4 is 33.3 Å². The van der Waals surface area contributed by atoms with Crippen LogP contribution in [0.1, 0.15) is 24.2 Å². The maximum Gasteiger partial charge on any atom is 0.335 e. The zero-order valence-corrected chi connectivity index (χ0v) is 19.2. The van der Waals surface area contributed by atoms with E-state index in [9.17, 15) is 27.5 Å². The van der Waals surface area contributed by atoms with Gasteiger partial charge in [0, 0.05) is 32.2 Å². The van der Waals surface area contributed by atoms with Crippen LogP contribution in [0.4, 0.5) is 15.8 Å². The first-order valence-corrected chi connectivity index (χ1v) is 12.0. The van der Waals surface area contributed by atoms with Crippen LogP contribution in [0.2, 0.25) is 0 Å². The number of piperazine rings is 1. The average Bonchev–Trinajstić information content (AvgIpc) is 2.73. The summed E-state index contributed by atoms with van der Waals surface area (Å²) in [5, 5.41) is 12.2. The Morgan fingerprint density at radius 3 is 2.39 bits per heavy atom. The number of nitrogens with one attached hydrogen (secondary N) is 2. The van der Waals surface area contributed by atoms with E-state index in [4.69, 9.17) is 0 Å². The summed E-state index contributed by atoms with van der Waals surface area (Å²) in [6.45, 7) is 6.21. The molecule has 2 aromatic rings. The maximum absolute atomic E-state index is 13.6. The van der Waals surface area contributed by atoms with Crippen molar-refractivity contribution in [3.63, 3.8) is 0 Å². The van der Waals surface area contributed by atoms with Crippen LogP contribution in [0.15, 0.2) is 47.4 Å². The highest BCUT2D eigenvalue weighted by atomic mass is 32.2. The van der Waals surface area contributed by atoms with E-state index in [-0.39, 0.29) is 34.6 Å². The lowest BCUT2D eigenvalue weighted by atomic mass is 10.1. The number of amides is 1. The molecule has 0 aliphatic carbocycles. The average molecular weight is 479 g/mol. The minimum Gasteiger partial charge on any atom is -0.478 e. The fraction of sp³-hybridized carbons (Fsp3) is 0.364. The number of hydrogen-bond acceptors (Lipinski definition) is 6. The number of rotatable bonds is 8. The van der Waals surface area contributed by atoms with Crippen molar-refractivity contribution in [2.24, 2.45) is 0 Å². The Kier molecular flexibility index (Phi) is 7.54. The molecule has 1 aliphatic heterocycles. The first-order valence-electron chi connectivity index (χ1n) is 10.5. The molecule has 0 bridgehead atoms. The van der Waals surface area contributed by atoms with Crippen molar-refractivity contribution in [3.05, 3.63) is 53.8 Å².